The maximum absolute atomic E-state index is 14.0. The molecule has 1 aliphatic heterocycles. The second kappa shape index (κ2) is 12.7. The van der Waals surface area contributed by atoms with E-state index in [9.17, 15) is 18.8 Å². The number of ether oxygens (including phenoxy) is 4. The highest BCUT2D eigenvalue weighted by Crippen LogP contribution is 2.36. The Morgan fingerprint density at radius 1 is 1.00 bits per heavy atom. The summed E-state index contributed by atoms with van der Waals surface area (Å²) < 4.78 is 37.2. The number of carbonyl (C=O) groups is 3. The zero-order chi connectivity index (χ0) is 27.1. The molecular weight excluding hydrogens is 481 g/mol. The smallest absolute Gasteiger partial charge is 0.303 e. The summed E-state index contributed by atoms with van der Waals surface area (Å²) in [6, 6.07) is 11.6. The second-order valence-electron chi connectivity index (χ2n) is 9.32. The molecular formula is C28H34FNO7. The minimum atomic E-state index is -0.957. The zero-order valence-electron chi connectivity index (χ0n) is 21.8. The van der Waals surface area contributed by atoms with Crippen molar-refractivity contribution in [3.63, 3.8) is 0 Å². The third-order valence-corrected chi connectivity index (χ3v) is 6.50. The molecule has 1 fully saturated rings. The highest BCUT2D eigenvalue weighted by Gasteiger charge is 2.45. The lowest BCUT2D eigenvalue weighted by Gasteiger charge is -2.43. The summed E-state index contributed by atoms with van der Waals surface area (Å²) in [7, 11) is 0. The Morgan fingerprint density at radius 2 is 1.76 bits per heavy atom. The van der Waals surface area contributed by atoms with Gasteiger partial charge in [-0.1, -0.05) is 32.0 Å². The number of halogens is 1. The molecule has 37 heavy (non-hydrogen) atoms. The molecule has 8 nitrogen and oxygen atoms in total. The van der Waals surface area contributed by atoms with E-state index in [0.717, 1.165) is 11.1 Å². The van der Waals surface area contributed by atoms with Crippen molar-refractivity contribution in [1.82, 2.24) is 5.32 Å². The first-order valence-electron chi connectivity index (χ1n) is 12.3. The zero-order valence-corrected chi connectivity index (χ0v) is 21.8. The van der Waals surface area contributed by atoms with E-state index in [1.165, 1.54) is 32.9 Å². The molecule has 0 unspecified atom stereocenters. The SMILES string of the molecule is CC(=O)NCCc1ccc(O[C@H]2O[C@H](COC(C)=O)[C@@H](C)[C@H](C)[C@@H]2OC(C)=O)cc1-c1cccc(F)c1. The number of benzene rings is 2. The summed E-state index contributed by atoms with van der Waals surface area (Å²) in [6.45, 7) is 8.44. The number of amides is 1. The number of hydrogen-bond acceptors (Lipinski definition) is 7. The minimum absolute atomic E-state index is 0.0458. The molecule has 3 rings (SSSR count). The predicted molar refractivity (Wildman–Crippen MR) is 134 cm³/mol. The van der Waals surface area contributed by atoms with Gasteiger partial charge in [0.15, 0.2) is 6.10 Å². The molecule has 200 valence electrons. The van der Waals surface area contributed by atoms with Gasteiger partial charge in [0.1, 0.15) is 18.2 Å². The van der Waals surface area contributed by atoms with Crippen molar-refractivity contribution in [2.24, 2.45) is 11.8 Å². The molecule has 1 heterocycles. The molecule has 1 saturated heterocycles. The predicted octanol–water partition coefficient (Wildman–Crippen LogP) is 4.04. The van der Waals surface area contributed by atoms with Gasteiger partial charge in [0.25, 0.3) is 0 Å². The summed E-state index contributed by atoms with van der Waals surface area (Å²) in [5, 5.41) is 2.77. The van der Waals surface area contributed by atoms with E-state index in [2.05, 4.69) is 5.32 Å². The molecule has 0 bridgehead atoms. The molecule has 9 heteroatoms. The molecule has 0 aliphatic carbocycles. The van der Waals surface area contributed by atoms with Gasteiger partial charge < -0.3 is 24.3 Å². The first-order valence-corrected chi connectivity index (χ1v) is 12.3. The molecule has 1 amide bonds. The van der Waals surface area contributed by atoms with Crippen LogP contribution in [0.25, 0.3) is 11.1 Å². The van der Waals surface area contributed by atoms with E-state index >= 15 is 0 Å². The van der Waals surface area contributed by atoms with Crippen LogP contribution in [0.2, 0.25) is 0 Å². The number of rotatable bonds is 9. The molecule has 1 aliphatic rings. The quantitative estimate of drug-likeness (QED) is 0.503. The van der Waals surface area contributed by atoms with Crippen molar-refractivity contribution in [2.75, 3.05) is 13.2 Å². The van der Waals surface area contributed by atoms with Gasteiger partial charge in [0.05, 0.1) is 6.10 Å². The summed E-state index contributed by atoms with van der Waals surface area (Å²) in [6.07, 6.45) is -1.59. The first-order chi connectivity index (χ1) is 17.5. The molecule has 0 radical (unpaired) electrons. The normalized spacial score (nSPS) is 23.1. The molecule has 0 aromatic heterocycles. The van der Waals surface area contributed by atoms with Crippen molar-refractivity contribution in [2.45, 2.75) is 59.5 Å². The van der Waals surface area contributed by atoms with Gasteiger partial charge in [-0.2, -0.15) is 0 Å². The highest BCUT2D eigenvalue weighted by molar-refractivity contribution is 5.73. The minimum Gasteiger partial charge on any atom is -0.463 e. The molecule has 0 saturated carbocycles. The molecule has 2 aromatic rings. The average molecular weight is 516 g/mol. The maximum Gasteiger partial charge on any atom is 0.303 e. The highest BCUT2D eigenvalue weighted by atomic mass is 19.1. The number of esters is 2. The van der Waals surface area contributed by atoms with Gasteiger partial charge in [0.2, 0.25) is 12.2 Å². The van der Waals surface area contributed by atoms with Crippen LogP contribution in [0.1, 0.15) is 40.2 Å². The van der Waals surface area contributed by atoms with Crippen LogP contribution in [0, 0.1) is 17.7 Å². The summed E-state index contributed by atoms with van der Waals surface area (Å²) in [4.78, 5) is 34.5. The summed E-state index contributed by atoms with van der Waals surface area (Å²) in [5.41, 5.74) is 2.28. The van der Waals surface area contributed by atoms with Gasteiger partial charge in [-0.3, -0.25) is 14.4 Å². The van der Waals surface area contributed by atoms with E-state index < -0.39 is 30.4 Å². The van der Waals surface area contributed by atoms with E-state index in [0.29, 0.717) is 24.3 Å². The first kappa shape index (κ1) is 28.1. The van der Waals surface area contributed by atoms with E-state index in [-0.39, 0.29) is 30.2 Å². The van der Waals surface area contributed by atoms with Crippen LogP contribution in [0.5, 0.6) is 5.75 Å². The van der Waals surface area contributed by atoms with Crippen molar-refractivity contribution >= 4 is 17.8 Å². The fourth-order valence-corrected chi connectivity index (χ4v) is 4.38. The topological polar surface area (TPSA) is 100 Å². The fraction of sp³-hybridized carbons (Fsp3) is 0.464. The van der Waals surface area contributed by atoms with Crippen LogP contribution in [0.15, 0.2) is 42.5 Å². The largest absolute Gasteiger partial charge is 0.463 e. The standard InChI is InChI=1S/C28H34FNO7/c1-16-17(2)27(35-20(5)33)28(37-26(16)15-34-19(4)32)36-24-10-9-21(11-12-30-18(3)31)25(14-24)22-7-6-8-23(29)13-22/h6-10,13-14,16-17,26-28H,11-12,15H2,1-5H3,(H,30,31)/t16-,17-,26+,27-,28-/m0/s1. The summed E-state index contributed by atoms with van der Waals surface area (Å²) >= 11 is 0. The number of carbonyl (C=O) groups excluding carboxylic acids is 3. The Hall–Kier alpha value is -3.46. The number of hydrogen-bond donors (Lipinski definition) is 1. The van der Waals surface area contributed by atoms with E-state index in [4.69, 9.17) is 18.9 Å². The van der Waals surface area contributed by atoms with Crippen LogP contribution in [-0.2, 0) is 35.0 Å². The third-order valence-electron chi connectivity index (χ3n) is 6.50. The lowest BCUT2D eigenvalue weighted by Crippen LogP contribution is -2.54. The van der Waals surface area contributed by atoms with Crippen LogP contribution >= 0.6 is 0 Å². The van der Waals surface area contributed by atoms with Gasteiger partial charge >= 0.3 is 11.9 Å². The van der Waals surface area contributed by atoms with E-state index in [1.807, 2.05) is 19.9 Å². The molecule has 2 aromatic carbocycles. The van der Waals surface area contributed by atoms with Crippen LogP contribution < -0.4 is 10.1 Å². The van der Waals surface area contributed by atoms with Crippen LogP contribution in [0.4, 0.5) is 4.39 Å². The van der Waals surface area contributed by atoms with Crippen molar-refractivity contribution in [3.8, 4) is 16.9 Å². The fourth-order valence-electron chi connectivity index (χ4n) is 4.38. The Morgan fingerprint density at radius 3 is 2.41 bits per heavy atom. The Labute approximate surface area is 216 Å². The number of nitrogens with one attached hydrogen (secondary N) is 1. The van der Waals surface area contributed by atoms with Gasteiger partial charge in [0, 0.05) is 33.2 Å². The van der Waals surface area contributed by atoms with Crippen molar-refractivity contribution in [1.29, 1.82) is 0 Å². The lowest BCUT2D eigenvalue weighted by atomic mass is 9.83. The second-order valence-corrected chi connectivity index (χ2v) is 9.32. The van der Waals surface area contributed by atoms with Gasteiger partial charge in [-0.15, -0.1) is 0 Å². The van der Waals surface area contributed by atoms with Crippen molar-refractivity contribution in [3.05, 3.63) is 53.8 Å². The van der Waals surface area contributed by atoms with Gasteiger partial charge in [-0.05, 0) is 53.3 Å². The van der Waals surface area contributed by atoms with Crippen molar-refractivity contribution < 1.29 is 37.7 Å². The monoisotopic (exact) mass is 515 g/mol. The summed E-state index contributed by atoms with van der Waals surface area (Å²) in [5.74, 6) is -1.20. The average Bonchev–Trinajstić information content (AvgIpc) is 2.83. The molecule has 0 spiro atoms. The van der Waals surface area contributed by atoms with Crippen LogP contribution in [-0.4, -0.2) is 49.5 Å². The molecule has 1 N–H and O–H groups in total. The van der Waals surface area contributed by atoms with Gasteiger partial charge in [-0.25, -0.2) is 4.39 Å². The lowest BCUT2D eigenvalue weighted by molar-refractivity contribution is -0.253. The molecule has 5 atom stereocenters. The maximum atomic E-state index is 14.0. The van der Waals surface area contributed by atoms with Crippen LogP contribution in [0.3, 0.4) is 0 Å². The Kier molecular flexibility index (Phi) is 9.63. The third kappa shape index (κ3) is 7.76. The Bertz CT molecular complexity index is 1120. The Balaban J connectivity index is 1.92. The van der Waals surface area contributed by atoms with E-state index in [1.54, 1.807) is 24.3 Å².